The number of carbonyl (C=O) groups excluding carboxylic acids is 2. The van der Waals surface area contributed by atoms with E-state index in [0.717, 1.165) is 0 Å². The zero-order valence-corrected chi connectivity index (χ0v) is 10.3. The van der Waals surface area contributed by atoms with Crippen molar-refractivity contribution in [1.82, 2.24) is 0 Å². The van der Waals surface area contributed by atoms with Crippen molar-refractivity contribution in [1.29, 1.82) is 0 Å². The molecule has 0 unspecified atom stereocenters. The molecule has 0 spiro atoms. The Labute approximate surface area is 101 Å². The molecule has 0 aromatic rings. The molecular weight excluding hydrogens is 224 g/mol. The van der Waals surface area contributed by atoms with Gasteiger partial charge in [-0.1, -0.05) is 0 Å². The molecule has 3 atom stereocenters. The van der Waals surface area contributed by atoms with E-state index in [4.69, 9.17) is 9.47 Å². The molecule has 0 heterocycles. The van der Waals surface area contributed by atoms with Crippen LogP contribution in [-0.2, 0) is 19.1 Å². The number of carbonyl (C=O) groups is 2. The molecule has 1 aliphatic carbocycles. The summed E-state index contributed by atoms with van der Waals surface area (Å²) in [5.74, 6) is -1.82. The summed E-state index contributed by atoms with van der Waals surface area (Å²) >= 11 is 0. The molecule has 0 aromatic carbocycles. The maximum absolute atomic E-state index is 11.7. The van der Waals surface area contributed by atoms with Crippen molar-refractivity contribution >= 4 is 11.9 Å². The van der Waals surface area contributed by atoms with Gasteiger partial charge in [-0.05, 0) is 33.1 Å². The summed E-state index contributed by atoms with van der Waals surface area (Å²) < 4.78 is 9.88. The fourth-order valence-electron chi connectivity index (χ4n) is 2.19. The van der Waals surface area contributed by atoms with Crippen molar-refractivity contribution in [2.24, 2.45) is 11.8 Å². The Morgan fingerprint density at radius 2 is 1.59 bits per heavy atom. The number of esters is 2. The van der Waals surface area contributed by atoms with Crippen LogP contribution in [0.4, 0.5) is 0 Å². The Morgan fingerprint density at radius 3 is 2.12 bits per heavy atom. The average Bonchev–Trinajstić information content (AvgIpc) is 2.29. The van der Waals surface area contributed by atoms with E-state index < -0.39 is 23.9 Å². The molecule has 17 heavy (non-hydrogen) atoms. The standard InChI is InChI=1S/C12H20O5/c1-3-16-11(14)9-6-5-8(13)7-10(9)12(15)17-4-2/h8-10,13H,3-7H2,1-2H3/t8-,9+,10+/m1/s1. The maximum Gasteiger partial charge on any atom is 0.309 e. The van der Waals surface area contributed by atoms with Crippen molar-refractivity contribution in [2.75, 3.05) is 13.2 Å². The monoisotopic (exact) mass is 244 g/mol. The minimum Gasteiger partial charge on any atom is -0.466 e. The van der Waals surface area contributed by atoms with Crippen LogP contribution in [0.2, 0.25) is 0 Å². The SMILES string of the molecule is CCOC(=O)[C@H]1CC[C@@H](O)C[C@@H]1C(=O)OCC. The number of hydrogen-bond acceptors (Lipinski definition) is 5. The smallest absolute Gasteiger partial charge is 0.309 e. The molecule has 1 rings (SSSR count). The topological polar surface area (TPSA) is 72.8 Å². The summed E-state index contributed by atoms with van der Waals surface area (Å²) in [7, 11) is 0. The lowest BCUT2D eigenvalue weighted by atomic mass is 9.78. The van der Waals surface area contributed by atoms with Gasteiger partial charge in [0, 0.05) is 0 Å². The summed E-state index contributed by atoms with van der Waals surface area (Å²) in [6.45, 7) is 4.03. The number of ether oxygens (including phenoxy) is 2. The van der Waals surface area contributed by atoms with Gasteiger partial charge in [-0.15, -0.1) is 0 Å². The largest absolute Gasteiger partial charge is 0.466 e. The zero-order chi connectivity index (χ0) is 12.8. The van der Waals surface area contributed by atoms with E-state index in [9.17, 15) is 14.7 Å². The molecule has 0 amide bonds. The molecule has 1 aliphatic rings. The maximum atomic E-state index is 11.7. The molecule has 1 saturated carbocycles. The Hall–Kier alpha value is -1.10. The molecule has 5 nitrogen and oxygen atoms in total. The van der Waals surface area contributed by atoms with Gasteiger partial charge in [0.25, 0.3) is 0 Å². The third-order valence-corrected chi connectivity index (χ3v) is 3.00. The molecule has 0 bridgehead atoms. The van der Waals surface area contributed by atoms with Gasteiger partial charge in [-0.25, -0.2) is 0 Å². The lowest BCUT2D eigenvalue weighted by Gasteiger charge is -2.30. The third-order valence-electron chi connectivity index (χ3n) is 3.00. The lowest BCUT2D eigenvalue weighted by molar-refractivity contribution is -0.164. The first-order chi connectivity index (χ1) is 8.10. The van der Waals surface area contributed by atoms with Gasteiger partial charge in [-0.2, -0.15) is 0 Å². The molecule has 0 radical (unpaired) electrons. The molecule has 0 aromatic heterocycles. The Kier molecular flexibility index (Phi) is 5.41. The van der Waals surface area contributed by atoms with Crippen molar-refractivity contribution < 1.29 is 24.2 Å². The van der Waals surface area contributed by atoms with Gasteiger partial charge in [0.05, 0.1) is 31.2 Å². The van der Waals surface area contributed by atoms with Crippen LogP contribution in [0, 0.1) is 11.8 Å². The first-order valence-electron chi connectivity index (χ1n) is 6.11. The zero-order valence-electron chi connectivity index (χ0n) is 10.3. The van der Waals surface area contributed by atoms with Gasteiger partial charge < -0.3 is 14.6 Å². The highest BCUT2D eigenvalue weighted by atomic mass is 16.5. The minimum atomic E-state index is -0.572. The molecule has 98 valence electrons. The number of aliphatic hydroxyl groups is 1. The van der Waals surface area contributed by atoms with Crippen LogP contribution in [0.1, 0.15) is 33.1 Å². The van der Waals surface area contributed by atoms with E-state index in [2.05, 4.69) is 0 Å². The molecule has 0 saturated heterocycles. The van der Waals surface area contributed by atoms with Gasteiger partial charge in [-0.3, -0.25) is 9.59 Å². The lowest BCUT2D eigenvalue weighted by Crippen LogP contribution is -2.39. The van der Waals surface area contributed by atoms with Crippen LogP contribution < -0.4 is 0 Å². The van der Waals surface area contributed by atoms with Crippen molar-refractivity contribution in [3.63, 3.8) is 0 Å². The number of aliphatic hydroxyl groups excluding tert-OH is 1. The first-order valence-corrected chi connectivity index (χ1v) is 6.11. The van der Waals surface area contributed by atoms with Crippen LogP contribution in [0.3, 0.4) is 0 Å². The summed E-state index contributed by atoms with van der Waals surface area (Å²) in [6.07, 6.45) is 0.751. The molecule has 1 N–H and O–H groups in total. The van der Waals surface area contributed by atoms with Crippen molar-refractivity contribution in [3.8, 4) is 0 Å². The van der Waals surface area contributed by atoms with Crippen molar-refractivity contribution in [3.05, 3.63) is 0 Å². The van der Waals surface area contributed by atoms with Crippen LogP contribution in [-0.4, -0.2) is 36.4 Å². The van der Waals surface area contributed by atoms with E-state index in [1.165, 1.54) is 0 Å². The Bertz CT molecular complexity index is 276. The van der Waals surface area contributed by atoms with E-state index in [-0.39, 0.29) is 19.0 Å². The van der Waals surface area contributed by atoms with Crippen LogP contribution in [0.15, 0.2) is 0 Å². The highest BCUT2D eigenvalue weighted by molar-refractivity contribution is 5.82. The fourth-order valence-corrected chi connectivity index (χ4v) is 2.19. The predicted molar refractivity (Wildman–Crippen MR) is 60.1 cm³/mol. The quantitative estimate of drug-likeness (QED) is 0.743. The summed E-state index contributed by atoms with van der Waals surface area (Å²) in [5, 5.41) is 9.57. The van der Waals surface area contributed by atoms with Gasteiger partial charge >= 0.3 is 11.9 Å². The van der Waals surface area contributed by atoms with Gasteiger partial charge in [0.1, 0.15) is 0 Å². The second-order valence-corrected chi connectivity index (χ2v) is 4.18. The predicted octanol–water partition coefficient (Wildman–Crippen LogP) is 0.890. The van der Waals surface area contributed by atoms with Crippen LogP contribution in [0.5, 0.6) is 0 Å². The fraction of sp³-hybridized carbons (Fsp3) is 0.833. The van der Waals surface area contributed by atoms with Gasteiger partial charge in [0.15, 0.2) is 0 Å². The average molecular weight is 244 g/mol. The van der Waals surface area contributed by atoms with Crippen molar-refractivity contribution in [2.45, 2.75) is 39.2 Å². The van der Waals surface area contributed by atoms with Gasteiger partial charge in [0.2, 0.25) is 0 Å². The van der Waals surface area contributed by atoms with E-state index >= 15 is 0 Å². The molecule has 5 heteroatoms. The summed E-state index contributed by atoms with van der Waals surface area (Å²) in [5.41, 5.74) is 0. The summed E-state index contributed by atoms with van der Waals surface area (Å²) in [6, 6.07) is 0. The normalized spacial score (nSPS) is 28.5. The molecule has 0 aliphatic heterocycles. The Balaban J connectivity index is 2.70. The van der Waals surface area contributed by atoms with E-state index in [1.807, 2.05) is 0 Å². The number of rotatable bonds is 4. The van der Waals surface area contributed by atoms with Crippen LogP contribution >= 0.6 is 0 Å². The van der Waals surface area contributed by atoms with E-state index in [1.54, 1.807) is 13.8 Å². The highest BCUT2D eigenvalue weighted by Gasteiger charge is 2.40. The Morgan fingerprint density at radius 1 is 1.06 bits per heavy atom. The first kappa shape index (κ1) is 14.0. The van der Waals surface area contributed by atoms with E-state index in [0.29, 0.717) is 19.4 Å². The second kappa shape index (κ2) is 6.59. The molecule has 1 fully saturated rings. The third kappa shape index (κ3) is 3.70. The number of hydrogen-bond donors (Lipinski definition) is 1. The minimum absolute atomic E-state index is 0.279. The summed E-state index contributed by atoms with van der Waals surface area (Å²) in [4.78, 5) is 23.4. The molecular formula is C12H20O5. The highest BCUT2D eigenvalue weighted by Crippen LogP contribution is 2.32. The second-order valence-electron chi connectivity index (χ2n) is 4.18. The van der Waals surface area contributed by atoms with Crippen LogP contribution in [0.25, 0.3) is 0 Å².